The Hall–Kier alpha value is -2.48. The van der Waals surface area contributed by atoms with Crippen LogP contribution >= 0.6 is 0 Å². The van der Waals surface area contributed by atoms with Gasteiger partial charge in [-0.25, -0.2) is 12.8 Å². The predicted octanol–water partition coefficient (Wildman–Crippen LogP) is 2.84. The maximum Gasteiger partial charge on any atom is 0.296 e. The SMILES string of the molecule is Cc1ccccc1S(=O)(=O)Nc1c(F)cccc1[N+](=O)[O-]. The Bertz CT molecular complexity index is 806. The normalized spacial score (nSPS) is 11.1. The van der Waals surface area contributed by atoms with Gasteiger partial charge in [-0.2, -0.15) is 0 Å². The van der Waals surface area contributed by atoms with Crippen molar-refractivity contribution in [3.8, 4) is 0 Å². The Labute approximate surface area is 120 Å². The molecule has 6 nitrogen and oxygen atoms in total. The van der Waals surface area contributed by atoms with Crippen LogP contribution in [0.25, 0.3) is 0 Å². The van der Waals surface area contributed by atoms with Gasteiger partial charge in [0.1, 0.15) is 0 Å². The number of hydrogen-bond acceptors (Lipinski definition) is 4. The van der Waals surface area contributed by atoms with E-state index >= 15 is 0 Å². The molecule has 2 aromatic rings. The molecule has 0 unspecified atom stereocenters. The lowest BCUT2D eigenvalue weighted by atomic mass is 10.2. The third-order valence-electron chi connectivity index (χ3n) is 2.81. The van der Waals surface area contributed by atoms with Crippen LogP contribution in [0, 0.1) is 22.9 Å². The number of nitrogens with zero attached hydrogens (tertiary/aromatic N) is 1. The van der Waals surface area contributed by atoms with E-state index in [4.69, 9.17) is 0 Å². The summed E-state index contributed by atoms with van der Waals surface area (Å²) in [5.74, 6) is -1.01. The van der Waals surface area contributed by atoms with Gasteiger partial charge in [-0.3, -0.25) is 14.8 Å². The van der Waals surface area contributed by atoms with E-state index in [-0.39, 0.29) is 4.90 Å². The monoisotopic (exact) mass is 310 g/mol. The third-order valence-corrected chi connectivity index (χ3v) is 4.32. The average Bonchev–Trinajstić information content (AvgIpc) is 2.41. The second-order valence-corrected chi connectivity index (χ2v) is 5.91. The Morgan fingerprint density at radius 1 is 1.14 bits per heavy atom. The summed E-state index contributed by atoms with van der Waals surface area (Å²) in [7, 11) is -4.12. The van der Waals surface area contributed by atoms with E-state index in [1.807, 2.05) is 4.72 Å². The quantitative estimate of drug-likeness (QED) is 0.694. The Kier molecular flexibility index (Phi) is 3.90. The third kappa shape index (κ3) is 3.00. The van der Waals surface area contributed by atoms with Gasteiger partial charge in [0.05, 0.1) is 9.82 Å². The molecule has 0 amide bonds. The van der Waals surface area contributed by atoms with Crippen molar-refractivity contribution in [3.63, 3.8) is 0 Å². The maximum atomic E-state index is 13.7. The van der Waals surface area contributed by atoms with Crippen LogP contribution in [0.15, 0.2) is 47.4 Å². The average molecular weight is 310 g/mol. The zero-order valence-electron chi connectivity index (χ0n) is 10.9. The van der Waals surface area contributed by atoms with Gasteiger partial charge in [-0.1, -0.05) is 24.3 Å². The predicted molar refractivity (Wildman–Crippen MR) is 75.0 cm³/mol. The van der Waals surface area contributed by atoms with Crippen LogP contribution in [0.3, 0.4) is 0 Å². The van der Waals surface area contributed by atoms with Gasteiger partial charge in [0.2, 0.25) is 0 Å². The molecule has 1 N–H and O–H groups in total. The van der Waals surface area contributed by atoms with Crippen LogP contribution in [-0.2, 0) is 10.0 Å². The maximum absolute atomic E-state index is 13.7. The first-order valence-electron chi connectivity index (χ1n) is 5.84. The van der Waals surface area contributed by atoms with Crippen molar-refractivity contribution in [1.29, 1.82) is 0 Å². The fraction of sp³-hybridized carbons (Fsp3) is 0.0769. The summed E-state index contributed by atoms with van der Waals surface area (Å²) in [5.41, 5.74) is -0.873. The Morgan fingerprint density at radius 3 is 2.43 bits per heavy atom. The van der Waals surface area contributed by atoms with Gasteiger partial charge in [0.25, 0.3) is 15.7 Å². The van der Waals surface area contributed by atoms with Gasteiger partial charge >= 0.3 is 0 Å². The van der Waals surface area contributed by atoms with Crippen molar-refractivity contribution < 1.29 is 17.7 Å². The van der Waals surface area contributed by atoms with Crippen LogP contribution in [0.5, 0.6) is 0 Å². The minimum atomic E-state index is -4.12. The lowest BCUT2D eigenvalue weighted by Crippen LogP contribution is -2.16. The van der Waals surface area contributed by atoms with Crippen LogP contribution in [0.4, 0.5) is 15.8 Å². The van der Waals surface area contributed by atoms with E-state index in [0.29, 0.717) is 5.56 Å². The minimum Gasteiger partial charge on any atom is -0.271 e. The summed E-state index contributed by atoms with van der Waals surface area (Å²) in [6, 6.07) is 9.19. The molecule has 8 heteroatoms. The standard InChI is InChI=1S/C13H11FN2O4S/c1-9-5-2-3-8-12(9)21(19,20)15-13-10(14)6-4-7-11(13)16(17)18/h2-8,15H,1H3. The second-order valence-electron chi connectivity index (χ2n) is 4.26. The second kappa shape index (κ2) is 5.49. The number of nitro benzene ring substituents is 1. The molecule has 2 aromatic carbocycles. The molecule has 2 rings (SSSR count). The molecule has 21 heavy (non-hydrogen) atoms. The molecule has 0 heterocycles. The summed E-state index contributed by atoms with van der Waals surface area (Å²) in [5, 5.41) is 10.9. The minimum absolute atomic E-state index is 0.0671. The van der Waals surface area contributed by atoms with E-state index in [1.165, 1.54) is 12.1 Å². The largest absolute Gasteiger partial charge is 0.296 e. The zero-order chi connectivity index (χ0) is 15.6. The van der Waals surface area contributed by atoms with E-state index in [9.17, 15) is 22.9 Å². The molecule has 0 aliphatic carbocycles. The highest BCUT2D eigenvalue weighted by Gasteiger charge is 2.24. The van der Waals surface area contributed by atoms with Crippen molar-refractivity contribution in [2.45, 2.75) is 11.8 Å². The highest BCUT2D eigenvalue weighted by Crippen LogP contribution is 2.29. The van der Waals surface area contributed by atoms with Gasteiger partial charge in [0.15, 0.2) is 11.5 Å². The molecule has 0 atom stereocenters. The molecular formula is C13H11FN2O4S. The molecule has 0 spiro atoms. The van der Waals surface area contributed by atoms with Crippen molar-refractivity contribution in [1.82, 2.24) is 0 Å². The topological polar surface area (TPSA) is 89.3 Å². The van der Waals surface area contributed by atoms with Crippen LogP contribution in [0.1, 0.15) is 5.56 Å². The summed E-state index contributed by atoms with van der Waals surface area (Å²) in [6.07, 6.45) is 0. The number of nitro groups is 1. The molecule has 0 saturated heterocycles. The van der Waals surface area contributed by atoms with E-state index in [2.05, 4.69) is 0 Å². The first-order chi connectivity index (χ1) is 9.83. The number of hydrogen-bond donors (Lipinski definition) is 1. The van der Waals surface area contributed by atoms with Gasteiger partial charge in [0, 0.05) is 6.07 Å². The van der Waals surface area contributed by atoms with Crippen molar-refractivity contribution in [2.24, 2.45) is 0 Å². The van der Waals surface area contributed by atoms with Gasteiger partial charge < -0.3 is 0 Å². The molecule has 0 saturated carbocycles. The molecule has 110 valence electrons. The summed E-state index contributed by atoms with van der Waals surface area (Å²) >= 11 is 0. The number of aryl methyl sites for hydroxylation is 1. The van der Waals surface area contributed by atoms with Gasteiger partial charge in [-0.15, -0.1) is 0 Å². The number of sulfonamides is 1. The highest BCUT2D eigenvalue weighted by atomic mass is 32.2. The molecule has 0 radical (unpaired) electrons. The molecule has 0 aliphatic heterocycles. The Morgan fingerprint density at radius 2 is 1.81 bits per heavy atom. The fourth-order valence-electron chi connectivity index (χ4n) is 1.81. The van der Waals surface area contributed by atoms with Gasteiger partial charge in [-0.05, 0) is 24.6 Å². The smallest absolute Gasteiger partial charge is 0.271 e. The first-order valence-corrected chi connectivity index (χ1v) is 7.32. The van der Waals surface area contributed by atoms with E-state index in [0.717, 1.165) is 18.2 Å². The van der Waals surface area contributed by atoms with E-state index < -0.39 is 32.1 Å². The number of para-hydroxylation sites is 1. The molecule has 0 bridgehead atoms. The highest BCUT2D eigenvalue weighted by molar-refractivity contribution is 7.92. The molecule has 0 aliphatic rings. The number of anilines is 1. The van der Waals surface area contributed by atoms with Crippen LogP contribution in [0.2, 0.25) is 0 Å². The molecule has 0 fully saturated rings. The molecule has 0 aromatic heterocycles. The molecular weight excluding hydrogens is 299 g/mol. The lowest BCUT2D eigenvalue weighted by molar-refractivity contribution is -0.384. The Balaban J connectivity index is 2.52. The van der Waals surface area contributed by atoms with Crippen molar-refractivity contribution in [2.75, 3.05) is 4.72 Å². The first kappa shape index (κ1) is 14.9. The summed E-state index contributed by atoms with van der Waals surface area (Å²) in [4.78, 5) is 9.95. The van der Waals surface area contributed by atoms with Crippen LogP contribution in [-0.4, -0.2) is 13.3 Å². The van der Waals surface area contributed by atoms with Crippen LogP contribution < -0.4 is 4.72 Å². The van der Waals surface area contributed by atoms with Crippen molar-refractivity contribution >= 4 is 21.4 Å². The summed E-state index contributed by atoms with van der Waals surface area (Å²) < 4.78 is 40.2. The fourth-order valence-corrected chi connectivity index (χ4v) is 3.14. The number of nitrogens with one attached hydrogen (secondary N) is 1. The van der Waals surface area contributed by atoms with E-state index in [1.54, 1.807) is 19.1 Å². The summed E-state index contributed by atoms with van der Waals surface area (Å²) in [6.45, 7) is 1.57. The number of benzene rings is 2. The zero-order valence-corrected chi connectivity index (χ0v) is 11.7. The number of rotatable bonds is 4. The lowest BCUT2D eigenvalue weighted by Gasteiger charge is -2.11. The van der Waals surface area contributed by atoms with Crippen molar-refractivity contribution in [3.05, 3.63) is 64.0 Å². The number of halogens is 1.